The molecule has 0 unspecified atom stereocenters. The fraction of sp³-hybridized carbons (Fsp3) is 0.176. The number of hydrogen-bond acceptors (Lipinski definition) is 3. The van der Waals surface area contributed by atoms with Crippen molar-refractivity contribution in [2.24, 2.45) is 0 Å². The molecule has 0 aliphatic carbocycles. The third-order valence-corrected chi connectivity index (χ3v) is 3.61. The van der Waals surface area contributed by atoms with Gasteiger partial charge < -0.3 is 5.32 Å². The summed E-state index contributed by atoms with van der Waals surface area (Å²) in [5, 5.41) is 2.90. The van der Waals surface area contributed by atoms with Crippen LogP contribution in [0.5, 0.6) is 0 Å². The highest BCUT2D eigenvalue weighted by molar-refractivity contribution is 5.81. The number of aromatic nitrogens is 2. The normalized spacial score (nSPS) is 11.2. The van der Waals surface area contributed by atoms with E-state index in [1.54, 1.807) is 6.07 Å². The van der Waals surface area contributed by atoms with Gasteiger partial charge in [-0.2, -0.15) is 4.98 Å². The van der Waals surface area contributed by atoms with Crippen LogP contribution in [-0.2, 0) is 0 Å². The van der Waals surface area contributed by atoms with Crippen LogP contribution in [0.2, 0.25) is 0 Å². The molecule has 24 heavy (non-hydrogen) atoms. The third kappa shape index (κ3) is 2.73. The van der Waals surface area contributed by atoms with E-state index >= 15 is 0 Å². The van der Waals surface area contributed by atoms with E-state index in [9.17, 15) is 18.0 Å². The van der Waals surface area contributed by atoms with Gasteiger partial charge in [-0.1, -0.05) is 18.2 Å². The summed E-state index contributed by atoms with van der Waals surface area (Å²) in [7, 11) is 0. The lowest BCUT2D eigenvalue weighted by Crippen LogP contribution is -2.18. The van der Waals surface area contributed by atoms with Crippen LogP contribution in [-0.4, -0.2) is 15.9 Å². The summed E-state index contributed by atoms with van der Waals surface area (Å²) in [6, 6.07) is 8.13. The molecule has 0 amide bonds. The van der Waals surface area contributed by atoms with Crippen LogP contribution in [0.15, 0.2) is 47.4 Å². The molecule has 3 aromatic rings. The summed E-state index contributed by atoms with van der Waals surface area (Å²) in [4.78, 5) is 16.4. The van der Waals surface area contributed by atoms with Gasteiger partial charge in [0, 0.05) is 23.9 Å². The molecule has 7 heteroatoms. The number of benzene rings is 1. The number of anilines is 1. The lowest BCUT2D eigenvalue weighted by Gasteiger charge is -2.14. The Kier molecular flexibility index (Phi) is 4.24. The first-order valence-corrected chi connectivity index (χ1v) is 7.36. The molecule has 0 saturated heterocycles. The van der Waals surface area contributed by atoms with Crippen molar-refractivity contribution in [2.45, 2.75) is 13.3 Å². The van der Waals surface area contributed by atoms with E-state index in [0.29, 0.717) is 6.54 Å². The van der Waals surface area contributed by atoms with Gasteiger partial charge in [0.25, 0.3) is 12.0 Å². The smallest absolute Gasteiger partial charge is 0.283 e. The second-order valence-corrected chi connectivity index (χ2v) is 5.14. The van der Waals surface area contributed by atoms with E-state index in [0.717, 1.165) is 0 Å². The standard InChI is InChI=1S/C17H14F3N3O/c1-2-21-17-22-16(24)14(11-5-3-4-6-12(11)18)13-9-10(15(19)20)7-8-23(13)17/h3-9,15H,2H2,1H3,(H,21,22,24). The number of fused-ring (bicyclic) bond motifs is 1. The third-order valence-electron chi connectivity index (χ3n) is 3.61. The predicted octanol–water partition coefficient (Wildman–Crippen LogP) is 3.87. The molecule has 0 radical (unpaired) electrons. The van der Waals surface area contributed by atoms with Crippen molar-refractivity contribution in [1.29, 1.82) is 0 Å². The van der Waals surface area contributed by atoms with Crippen molar-refractivity contribution >= 4 is 11.5 Å². The van der Waals surface area contributed by atoms with Crippen molar-refractivity contribution in [1.82, 2.24) is 9.38 Å². The topological polar surface area (TPSA) is 46.4 Å². The summed E-state index contributed by atoms with van der Waals surface area (Å²) >= 11 is 0. The SMILES string of the molecule is CCNc1nc(=O)c(-c2ccccc2F)c2cc(C(F)F)ccn12. The van der Waals surface area contributed by atoms with Gasteiger partial charge in [-0.3, -0.25) is 9.20 Å². The fourth-order valence-corrected chi connectivity index (χ4v) is 2.54. The molecule has 1 aromatic carbocycles. The van der Waals surface area contributed by atoms with Gasteiger partial charge in [-0.15, -0.1) is 0 Å². The summed E-state index contributed by atoms with van der Waals surface area (Å²) in [5.74, 6) is -0.393. The van der Waals surface area contributed by atoms with Gasteiger partial charge in [0.1, 0.15) is 5.82 Å². The maximum Gasteiger partial charge on any atom is 0.283 e. The second-order valence-electron chi connectivity index (χ2n) is 5.14. The predicted molar refractivity (Wildman–Crippen MR) is 86.0 cm³/mol. The quantitative estimate of drug-likeness (QED) is 0.788. The number of rotatable bonds is 4. The van der Waals surface area contributed by atoms with Crippen LogP contribution in [0.25, 0.3) is 16.6 Å². The molecule has 0 spiro atoms. The Morgan fingerprint density at radius 2 is 2.00 bits per heavy atom. The van der Waals surface area contributed by atoms with E-state index in [-0.39, 0.29) is 28.2 Å². The Labute approximate surface area is 135 Å². The maximum absolute atomic E-state index is 14.2. The highest BCUT2D eigenvalue weighted by Gasteiger charge is 2.18. The van der Waals surface area contributed by atoms with Crippen LogP contribution in [0, 0.1) is 5.82 Å². The molecule has 3 rings (SSSR count). The van der Waals surface area contributed by atoms with Crippen LogP contribution in [0.3, 0.4) is 0 Å². The molecule has 2 heterocycles. The van der Waals surface area contributed by atoms with Crippen LogP contribution in [0.4, 0.5) is 19.1 Å². The van der Waals surface area contributed by atoms with Crippen molar-refractivity contribution in [3.8, 4) is 11.1 Å². The van der Waals surface area contributed by atoms with Crippen LogP contribution in [0.1, 0.15) is 18.9 Å². The molecule has 0 aliphatic heterocycles. The molecule has 0 aliphatic rings. The molecule has 0 bridgehead atoms. The first-order chi connectivity index (χ1) is 11.5. The van der Waals surface area contributed by atoms with Crippen molar-refractivity contribution < 1.29 is 13.2 Å². The van der Waals surface area contributed by atoms with Gasteiger partial charge in [0.05, 0.1) is 11.1 Å². The number of hydrogen-bond donors (Lipinski definition) is 1. The van der Waals surface area contributed by atoms with Crippen LogP contribution < -0.4 is 10.9 Å². The van der Waals surface area contributed by atoms with E-state index in [1.165, 1.54) is 40.9 Å². The number of alkyl halides is 2. The highest BCUT2D eigenvalue weighted by atomic mass is 19.3. The molecule has 1 N–H and O–H groups in total. The lowest BCUT2D eigenvalue weighted by molar-refractivity contribution is 0.151. The minimum Gasteiger partial charge on any atom is -0.356 e. The largest absolute Gasteiger partial charge is 0.356 e. The summed E-state index contributed by atoms with van der Waals surface area (Å²) in [5.41, 5.74) is -0.767. The summed E-state index contributed by atoms with van der Waals surface area (Å²) in [6.07, 6.45) is -1.31. The lowest BCUT2D eigenvalue weighted by atomic mass is 10.0. The molecule has 4 nitrogen and oxygen atoms in total. The first kappa shape index (κ1) is 16.0. The number of nitrogens with one attached hydrogen (secondary N) is 1. The second kappa shape index (κ2) is 6.35. The van der Waals surface area contributed by atoms with Crippen molar-refractivity contribution in [2.75, 3.05) is 11.9 Å². The monoisotopic (exact) mass is 333 g/mol. The molecular formula is C17H14F3N3O. The zero-order valence-corrected chi connectivity index (χ0v) is 12.8. The van der Waals surface area contributed by atoms with Gasteiger partial charge in [-0.05, 0) is 25.1 Å². The highest BCUT2D eigenvalue weighted by Crippen LogP contribution is 2.28. The van der Waals surface area contributed by atoms with Gasteiger partial charge in [0.15, 0.2) is 0 Å². The number of halogens is 3. The molecule has 0 saturated carbocycles. The average molecular weight is 333 g/mol. The Morgan fingerprint density at radius 1 is 1.25 bits per heavy atom. The summed E-state index contributed by atoms with van der Waals surface area (Å²) in [6.45, 7) is 2.31. The van der Waals surface area contributed by atoms with E-state index < -0.39 is 17.8 Å². The minimum absolute atomic E-state index is 0.0296. The van der Waals surface area contributed by atoms with Crippen molar-refractivity contribution in [3.05, 3.63) is 64.3 Å². The molecule has 124 valence electrons. The molecular weight excluding hydrogens is 319 g/mol. The average Bonchev–Trinajstić information content (AvgIpc) is 2.56. The Balaban J connectivity index is 2.42. The number of nitrogens with zero attached hydrogens (tertiary/aromatic N) is 2. The van der Waals surface area contributed by atoms with Gasteiger partial charge in [-0.25, -0.2) is 13.2 Å². The minimum atomic E-state index is -2.70. The molecule has 0 atom stereocenters. The van der Waals surface area contributed by atoms with Gasteiger partial charge in [0.2, 0.25) is 5.95 Å². The molecule has 0 fully saturated rings. The zero-order valence-electron chi connectivity index (χ0n) is 12.8. The molecule has 2 aromatic heterocycles. The van der Waals surface area contributed by atoms with Crippen molar-refractivity contribution in [3.63, 3.8) is 0 Å². The Bertz CT molecular complexity index is 953. The van der Waals surface area contributed by atoms with E-state index in [1.807, 2.05) is 6.92 Å². The van der Waals surface area contributed by atoms with Crippen LogP contribution >= 0.6 is 0 Å². The first-order valence-electron chi connectivity index (χ1n) is 7.36. The Morgan fingerprint density at radius 3 is 2.67 bits per heavy atom. The fourth-order valence-electron chi connectivity index (χ4n) is 2.54. The van der Waals surface area contributed by atoms with E-state index in [2.05, 4.69) is 10.3 Å². The zero-order chi connectivity index (χ0) is 17.3. The van der Waals surface area contributed by atoms with E-state index in [4.69, 9.17) is 0 Å². The van der Waals surface area contributed by atoms with Gasteiger partial charge >= 0.3 is 0 Å². The summed E-state index contributed by atoms with van der Waals surface area (Å²) < 4.78 is 41.8. The Hall–Kier alpha value is -2.83. The number of pyridine rings is 1. The maximum atomic E-state index is 14.2.